The van der Waals surface area contributed by atoms with E-state index in [0.717, 1.165) is 37.3 Å². The van der Waals surface area contributed by atoms with Gasteiger partial charge in [-0.05, 0) is 24.1 Å². The summed E-state index contributed by atoms with van der Waals surface area (Å²) in [4.78, 5) is 21.1. The van der Waals surface area contributed by atoms with Gasteiger partial charge in [-0.2, -0.15) is 5.10 Å². The average molecular weight is 391 g/mol. The van der Waals surface area contributed by atoms with E-state index in [4.69, 9.17) is 5.10 Å². The highest BCUT2D eigenvalue weighted by Gasteiger charge is 2.27. The largest absolute Gasteiger partial charge is 0.332 e. The van der Waals surface area contributed by atoms with E-state index in [2.05, 4.69) is 24.0 Å². The molecule has 2 aromatic heterocycles. The standard InChI is InChI=1S/C23H27N5O/c1-2-11-26-12-14-27(15-13-26)23(29)21-18-28(17-19-7-4-3-5-8-19)25-22(21)20-9-6-10-24-16-20/h3-10,16,18H,2,11-15,17H2,1H3/p+1. The number of piperazine rings is 1. The van der Waals surface area contributed by atoms with Crippen LogP contribution in [0.4, 0.5) is 0 Å². The zero-order chi connectivity index (χ0) is 20.1. The monoisotopic (exact) mass is 390 g/mol. The van der Waals surface area contributed by atoms with Crippen LogP contribution in [-0.2, 0) is 6.54 Å². The molecule has 29 heavy (non-hydrogen) atoms. The van der Waals surface area contributed by atoms with E-state index < -0.39 is 0 Å². The van der Waals surface area contributed by atoms with E-state index in [0.29, 0.717) is 17.8 Å². The molecule has 0 atom stereocenters. The quantitative estimate of drug-likeness (QED) is 0.698. The highest BCUT2D eigenvalue weighted by atomic mass is 16.2. The van der Waals surface area contributed by atoms with Gasteiger partial charge in [0.15, 0.2) is 0 Å². The van der Waals surface area contributed by atoms with E-state index in [1.165, 1.54) is 13.0 Å². The third-order valence-corrected chi connectivity index (χ3v) is 5.48. The second kappa shape index (κ2) is 9.01. The predicted octanol–water partition coefficient (Wildman–Crippen LogP) is 1.74. The number of amides is 1. The van der Waals surface area contributed by atoms with Crippen molar-refractivity contribution in [2.75, 3.05) is 32.7 Å². The second-order valence-corrected chi connectivity index (χ2v) is 7.61. The normalized spacial score (nSPS) is 14.9. The molecular formula is C23H28N5O+. The summed E-state index contributed by atoms with van der Waals surface area (Å²) in [5.74, 6) is 0.0683. The van der Waals surface area contributed by atoms with Crippen LogP contribution in [0.5, 0.6) is 0 Å². The van der Waals surface area contributed by atoms with E-state index in [-0.39, 0.29) is 5.91 Å². The maximum Gasteiger partial charge on any atom is 0.258 e. The van der Waals surface area contributed by atoms with Gasteiger partial charge in [-0.25, -0.2) is 0 Å². The molecule has 3 heterocycles. The zero-order valence-electron chi connectivity index (χ0n) is 16.9. The molecule has 1 aliphatic rings. The minimum atomic E-state index is 0.0683. The van der Waals surface area contributed by atoms with Crippen LogP contribution in [0, 0.1) is 0 Å². The van der Waals surface area contributed by atoms with Crippen molar-refractivity contribution < 1.29 is 9.69 Å². The van der Waals surface area contributed by atoms with Crippen LogP contribution in [0.1, 0.15) is 29.3 Å². The summed E-state index contributed by atoms with van der Waals surface area (Å²) in [5.41, 5.74) is 3.40. The van der Waals surface area contributed by atoms with E-state index in [9.17, 15) is 4.79 Å². The maximum absolute atomic E-state index is 13.4. The van der Waals surface area contributed by atoms with Crippen molar-refractivity contribution in [1.29, 1.82) is 0 Å². The number of rotatable bonds is 6. The Hall–Kier alpha value is -2.99. The molecule has 150 valence electrons. The van der Waals surface area contributed by atoms with Gasteiger partial charge in [0.2, 0.25) is 0 Å². The fraction of sp³-hybridized carbons (Fsp3) is 0.348. The van der Waals surface area contributed by atoms with Crippen LogP contribution in [-0.4, -0.2) is 58.3 Å². The first-order valence-electron chi connectivity index (χ1n) is 10.4. The van der Waals surface area contributed by atoms with Crippen molar-refractivity contribution in [3.05, 3.63) is 72.2 Å². The van der Waals surface area contributed by atoms with Crippen molar-refractivity contribution in [2.24, 2.45) is 0 Å². The first kappa shape index (κ1) is 19.3. The molecule has 1 amide bonds. The number of nitrogens with zero attached hydrogens (tertiary/aromatic N) is 4. The van der Waals surface area contributed by atoms with Gasteiger partial charge in [-0.15, -0.1) is 0 Å². The summed E-state index contributed by atoms with van der Waals surface area (Å²) in [6.45, 7) is 7.65. The number of hydrogen-bond acceptors (Lipinski definition) is 3. The summed E-state index contributed by atoms with van der Waals surface area (Å²) in [7, 11) is 0. The molecule has 0 spiro atoms. The van der Waals surface area contributed by atoms with Crippen molar-refractivity contribution in [1.82, 2.24) is 19.7 Å². The summed E-state index contributed by atoms with van der Waals surface area (Å²) >= 11 is 0. The fourth-order valence-electron chi connectivity index (χ4n) is 3.95. The molecule has 1 saturated heterocycles. The molecule has 3 aromatic rings. The summed E-state index contributed by atoms with van der Waals surface area (Å²) in [6.07, 6.45) is 6.58. The first-order chi connectivity index (χ1) is 14.2. The Morgan fingerprint density at radius 2 is 1.90 bits per heavy atom. The topological polar surface area (TPSA) is 55.5 Å². The molecule has 0 aliphatic carbocycles. The Bertz CT molecular complexity index is 930. The number of pyridine rings is 1. The van der Waals surface area contributed by atoms with Crippen LogP contribution in [0.2, 0.25) is 0 Å². The lowest BCUT2D eigenvalue weighted by molar-refractivity contribution is -0.904. The third-order valence-electron chi connectivity index (χ3n) is 5.48. The molecule has 4 rings (SSSR count). The molecule has 6 heteroatoms. The summed E-state index contributed by atoms with van der Waals surface area (Å²) in [5, 5.41) is 4.76. The van der Waals surface area contributed by atoms with Crippen molar-refractivity contribution in [3.63, 3.8) is 0 Å². The van der Waals surface area contributed by atoms with Crippen LogP contribution in [0.25, 0.3) is 11.3 Å². The van der Waals surface area contributed by atoms with E-state index >= 15 is 0 Å². The number of carbonyl (C=O) groups excluding carboxylic acids is 1. The molecule has 0 saturated carbocycles. The first-order valence-corrected chi connectivity index (χ1v) is 10.4. The fourth-order valence-corrected chi connectivity index (χ4v) is 3.95. The number of carbonyl (C=O) groups is 1. The number of quaternary nitrogens is 1. The minimum absolute atomic E-state index is 0.0683. The number of aromatic nitrogens is 3. The third kappa shape index (κ3) is 4.54. The molecule has 1 aromatic carbocycles. The Kier molecular flexibility index (Phi) is 6.00. The molecule has 0 radical (unpaired) electrons. The number of hydrogen-bond donors (Lipinski definition) is 1. The molecular weight excluding hydrogens is 362 g/mol. The average Bonchev–Trinajstić information content (AvgIpc) is 3.19. The lowest BCUT2D eigenvalue weighted by Gasteiger charge is -2.32. The summed E-state index contributed by atoms with van der Waals surface area (Å²) in [6, 6.07) is 14.0. The van der Waals surface area contributed by atoms with Gasteiger partial charge in [-0.3, -0.25) is 14.5 Å². The van der Waals surface area contributed by atoms with Gasteiger partial charge in [0.05, 0.1) is 44.8 Å². The van der Waals surface area contributed by atoms with Crippen molar-refractivity contribution >= 4 is 5.91 Å². The van der Waals surface area contributed by atoms with Gasteiger partial charge >= 0.3 is 0 Å². The molecule has 0 unspecified atom stereocenters. The van der Waals surface area contributed by atoms with E-state index in [1.807, 2.05) is 46.1 Å². The van der Waals surface area contributed by atoms with Crippen LogP contribution in [0.3, 0.4) is 0 Å². The number of nitrogens with one attached hydrogen (secondary N) is 1. The highest BCUT2D eigenvalue weighted by molar-refractivity contribution is 5.99. The SMILES string of the molecule is CCC[NH+]1CCN(C(=O)c2cn(Cc3ccccc3)nc2-c2cccnc2)CC1. The Morgan fingerprint density at radius 1 is 1.10 bits per heavy atom. The smallest absolute Gasteiger partial charge is 0.258 e. The number of benzene rings is 1. The van der Waals surface area contributed by atoms with Crippen molar-refractivity contribution in [2.45, 2.75) is 19.9 Å². The summed E-state index contributed by atoms with van der Waals surface area (Å²) < 4.78 is 1.86. The second-order valence-electron chi connectivity index (χ2n) is 7.61. The zero-order valence-corrected chi connectivity index (χ0v) is 16.9. The van der Waals surface area contributed by atoms with Crippen LogP contribution < -0.4 is 4.90 Å². The minimum Gasteiger partial charge on any atom is -0.332 e. The van der Waals surface area contributed by atoms with Gasteiger partial charge in [0.1, 0.15) is 5.69 Å². The Balaban J connectivity index is 1.60. The molecule has 1 N–H and O–H groups in total. The lowest BCUT2D eigenvalue weighted by Crippen LogP contribution is -3.14. The van der Waals surface area contributed by atoms with Crippen molar-refractivity contribution in [3.8, 4) is 11.3 Å². The maximum atomic E-state index is 13.4. The van der Waals surface area contributed by atoms with Gasteiger partial charge < -0.3 is 9.80 Å². The molecule has 1 aliphatic heterocycles. The Labute approximate surface area is 171 Å². The van der Waals surface area contributed by atoms with Crippen LogP contribution >= 0.6 is 0 Å². The molecule has 1 fully saturated rings. The predicted molar refractivity (Wildman–Crippen MR) is 113 cm³/mol. The van der Waals surface area contributed by atoms with Gasteiger partial charge in [-0.1, -0.05) is 37.3 Å². The van der Waals surface area contributed by atoms with Gasteiger partial charge in [0, 0.05) is 24.2 Å². The Morgan fingerprint density at radius 3 is 2.59 bits per heavy atom. The van der Waals surface area contributed by atoms with E-state index in [1.54, 1.807) is 17.3 Å². The van der Waals surface area contributed by atoms with Gasteiger partial charge in [0.25, 0.3) is 5.91 Å². The van der Waals surface area contributed by atoms with Crippen LogP contribution in [0.15, 0.2) is 61.1 Å². The molecule has 6 nitrogen and oxygen atoms in total. The highest BCUT2D eigenvalue weighted by Crippen LogP contribution is 2.23. The molecule has 0 bridgehead atoms. The lowest BCUT2D eigenvalue weighted by atomic mass is 10.1.